The van der Waals surface area contributed by atoms with Crippen LogP contribution in [0.25, 0.3) is 0 Å². The predicted octanol–water partition coefficient (Wildman–Crippen LogP) is -0.877. The SMILES string of the molecule is NC(=O)C[C@@H](N)C(=O)NCCN1CCN(Cc2ccccc2)CC1. The van der Waals surface area contributed by atoms with Crippen LogP contribution < -0.4 is 16.8 Å². The van der Waals surface area contributed by atoms with Crippen LogP contribution in [-0.2, 0) is 16.1 Å². The van der Waals surface area contributed by atoms with Gasteiger partial charge < -0.3 is 16.8 Å². The van der Waals surface area contributed by atoms with Crippen LogP contribution in [0.4, 0.5) is 0 Å². The fourth-order valence-corrected chi connectivity index (χ4v) is 2.79. The first-order valence-electron chi connectivity index (χ1n) is 8.35. The average molecular weight is 333 g/mol. The van der Waals surface area contributed by atoms with E-state index in [4.69, 9.17) is 11.5 Å². The van der Waals surface area contributed by atoms with E-state index >= 15 is 0 Å². The van der Waals surface area contributed by atoms with Crippen molar-refractivity contribution in [2.45, 2.75) is 19.0 Å². The zero-order chi connectivity index (χ0) is 17.4. The van der Waals surface area contributed by atoms with Crippen LogP contribution in [0.2, 0.25) is 0 Å². The quantitative estimate of drug-likeness (QED) is 0.573. The molecule has 0 aromatic heterocycles. The second kappa shape index (κ2) is 9.36. The summed E-state index contributed by atoms with van der Waals surface area (Å²) < 4.78 is 0. The first-order valence-corrected chi connectivity index (χ1v) is 8.35. The predicted molar refractivity (Wildman–Crippen MR) is 93.0 cm³/mol. The lowest BCUT2D eigenvalue weighted by Crippen LogP contribution is -2.49. The number of primary amides is 1. The van der Waals surface area contributed by atoms with E-state index in [0.717, 1.165) is 39.3 Å². The molecule has 1 aliphatic rings. The third-order valence-corrected chi connectivity index (χ3v) is 4.20. The largest absolute Gasteiger partial charge is 0.370 e. The van der Waals surface area contributed by atoms with Gasteiger partial charge in [-0.3, -0.25) is 19.4 Å². The number of nitrogens with two attached hydrogens (primary N) is 2. The summed E-state index contributed by atoms with van der Waals surface area (Å²) >= 11 is 0. The van der Waals surface area contributed by atoms with Crippen LogP contribution in [0, 0.1) is 0 Å². The summed E-state index contributed by atoms with van der Waals surface area (Å²) in [6, 6.07) is 9.61. The van der Waals surface area contributed by atoms with Crippen molar-refractivity contribution in [1.82, 2.24) is 15.1 Å². The molecular formula is C17H27N5O2. The van der Waals surface area contributed by atoms with Crippen LogP contribution in [0.1, 0.15) is 12.0 Å². The minimum atomic E-state index is -0.856. The number of rotatable bonds is 8. The first-order chi connectivity index (χ1) is 11.5. The monoisotopic (exact) mass is 333 g/mol. The number of carbonyl (C=O) groups is 2. The highest BCUT2D eigenvalue weighted by Gasteiger charge is 2.18. The Morgan fingerprint density at radius 2 is 1.71 bits per heavy atom. The maximum absolute atomic E-state index is 11.7. The minimum absolute atomic E-state index is 0.121. The standard InChI is InChI=1S/C17H27N5O2/c18-15(12-16(19)23)17(24)20-6-7-21-8-10-22(11-9-21)13-14-4-2-1-3-5-14/h1-5,15H,6-13,18H2,(H2,19,23)(H,20,24)/t15-/m1/s1. The number of amides is 2. The van der Waals surface area contributed by atoms with Gasteiger partial charge in [0.05, 0.1) is 12.5 Å². The van der Waals surface area contributed by atoms with Gasteiger partial charge in [-0.05, 0) is 5.56 Å². The molecule has 0 unspecified atom stereocenters. The van der Waals surface area contributed by atoms with Gasteiger partial charge in [0.1, 0.15) is 0 Å². The molecule has 0 saturated carbocycles. The van der Waals surface area contributed by atoms with Crippen LogP contribution >= 0.6 is 0 Å². The molecule has 1 atom stereocenters. The second-order valence-electron chi connectivity index (χ2n) is 6.17. The molecule has 2 amide bonds. The maximum Gasteiger partial charge on any atom is 0.237 e. The van der Waals surface area contributed by atoms with Gasteiger partial charge in [0.2, 0.25) is 11.8 Å². The molecule has 0 bridgehead atoms. The number of hydrogen-bond acceptors (Lipinski definition) is 5. The number of piperazine rings is 1. The van der Waals surface area contributed by atoms with Gasteiger partial charge in [-0.15, -0.1) is 0 Å². The van der Waals surface area contributed by atoms with Crippen molar-refractivity contribution in [3.05, 3.63) is 35.9 Å². The topological polar surface area (TPSA) is 105 Å². The van der Waals surface area contributed by atoms with Gasteiger partial charge in [0.25, 0.3) is 0 Å². The third kappa shape index (κ3) is 6.27. The highest BCUT2D eigenvalue weighted by molar-refractivity contribution is 5.87. The lowest BCUT2D eigenvalue weighted by Gasteiger charge is -2.34. The smallest absolute Gasteiger partial charge is 0.237 e. The van der Waals surface area contributed by atoms with Crippen molar-refractivity contribution in [2.75, 3.05) is 39.3 Å². The lowest BCUT2D eigenvalue weighted by molar-refractivity contribution is -0.126. The molecule has 132 valence electrons. The number of nitrogens with zero attached hydrogens (tertiary/aromatic N) is 2. The summed E-state index contributed by atoms with van der Waals surface area (Å²) in [5.74, 6) is -0.885. The molecule has 7 heteroatoms. The molecule has 1 fully saturated rings. The molecular weight excluding hydrogens is 306 g/mol. The fourth-order valence-electron chi connectivity index (χ4n) is 2.79. The Labute approximate surface area is 143 Å². The normalized spacial score (nSPS) is 17.4. The van der Waals surface area contributed by atoms with Gasteiger partial charge in [-0.2, -0.15) is 0 Å². The van der Waals surface area contributed by atoms with Crippen molar-refractivity contribution in [2.24, 2.45) is 11.5 Å². The Bertz CT molecular complexity index is 529. The van der Waals surface area contributed by atoms with Crippen molar-refractivity contribution >= 4 is 11.8 Å². The fraction of sp³-hybridized carbons (Fsp3) is 0.529. The molecule has 2 rings (SSSR count). The van der Waals surface area contributed by atoms with Crippen molar-refractivity contribution in [1.29, 1.82) is 0 Å². The zero-order valence-corrected chi connectivity index (χ0v) is 14.0. The summed E-state index contributed by atoms with van der Waals surface area (Å²) in [7, 11) is 0. The number of hydrogen-bond donors (Lipinski definition) is 3. The third-order valence-electron chi connectivity index (χ3n) is 4.20. The van der Waals surface area contributed by atoms with E-state index in [1.165, 1.54) is 5.56 Å². The summed E-state index contributed by atoms with van der Waals surface area (Å²) in [4.78, 5) is 27.2. The number of benzene rings is 1. The molecule has 24 heavy (non-hydrogen) atoms. The van der Waals surface area contributed by atoms with Crippen molar-refractivity contribution in [3.8, 4) is 0 Å². The second-order valence-corrected chi connectivity index (χ2v) is 6.17. The highest BCUT2D eigenvalue weighted by atomic mass is 16.2. The Kier molecular flexibility index (Phi) is 7.17. The molecule has 1 saturated heterocycles. The van der Waals surface area contributed by atoms with Crippen molar-refractivity contribution < 1.29 is 9.59 Å². The molecule has 0 aliphatic carbocycles. The Hall–Kier alpha value is -1.96. The summed E-state index contributed by atoms with van der Waals surface area (Å²) in [5, 5.41) is 2.76. The van der Waals surface area contributed by atoms with E-state index in [1.54, 1.807) is 0 Å². The maximum atomic E-state index is 11.7. The van der Waals surface area contributed by atoms with Crippen LogP contribution in [0.15, 0.2) is 30.3 Å². The van der Waals surface area contributed by atoms with E-state index in [-0.39, 0.29) is 12.3 Å². The van der Waals surface area contributed by atoms with Gasteiger partial charge in [0, 0.05) is 45.8 Å². The molecule has 1 aliphatic heterocycles. The Balaban J connectivity index is 1.61. The van der Waals surface area contributed by atoms with Gasteiger partial charge >= 0.3 is 0 Å². The highest BCUT2D eigenvalue weighted by Crippen LogP contribution is 2.07. The van der Waals surface area contributed by atoms with Gasteiger partial charge in [-0.25, -0.2) is 0 Å². The van der Waals surface area contributed by atoms with E-state index in [0.29, 0.717) is 6.54 Å². The molecule has 1 aromatic carbocycles. The molecule has 5 N–H and O–H groups in total. The summed E-state index contributed by atoms with van der Waals surface area (Å²) in [5.41, 5.74) is 12.0. The Morgan fingerprint density at radius 1 is 1.08 bits per heavy atom. The number of carbonyl (C=O) groups excluding carboxylic acids is 2. The first kappa shape index (κ1) is 18.4. The molecule has 0 radical (unpaired) electrons. The average Bonchev–Trinajstić information content (AvgIpc) is 2.56. The van der Waals surface area contributed by atoms with Crippen LogP contribution in [-0.4, -0.2) is 66.9 Å². The van der Waals surface area contributed by atoms with Crippen LogP contribution in [0.5, 0.6) is 0 Å². The molecule has 0 spiro atoms. The van der Waals surface area contributed by atoms with Crippen LogP contribution in [0.3, 0.4) is 0 Å². The molecule has 7 nitrogen and oxygen atoms in total. The molecule has 1 aromatic rings. The van der Waals surface area contributed by atoms with E-state index < -0.39 is 11.9 Å². The zero-order valence-electron chi connectivity index (χ0n) is 14.0. The van der Waals surface area contributed by atoms with E-state index in [1.807, 2.05) is 6.07 Å². The van der Waals surface area contributed by atoms with Gasteiger partial charge in [0.15, 0.2) is 0 Å². The lowest BCUT2D eigenvalue weighted by atomic mass is 10.2. The summed E-state index contributed by atoms with van der Waals surface area (Å²) in [6.07, 6.45) is -0.121. The number of nitrogens with one attached hydrogen (secondary N) is 1. The van der Waals surface area contributed by atoms with Crippen molar-refractivity contribution in [3.63, 3.8) is 0 Å². The Morgan fingerprint density at radius 3 is 2.33 bits per heavy atom. The van der Waals surface area contributed by atoms with E-state index in [9.17, 15) is 9.59 Å². The minimum Gasteiger partial charge on any atom is -0.370 e. The molecule has 1 heterocycles. The van der Waals surface area contributed by atoms with E-state index in [2.05, 4.69) is 39.4 Å². The van der Waals surface area contributed by atoms with Gasteiger partial charge in [-0.1, -0.05) is 30.3 Å². The summed E-state index contributed by atoms with van der Waals surface area (Å²) in [6.45, 7) is 6.30.